The van der Waals surface area contributed by atoms with E-state index in [0.29, 0.717) is 6.42 Å². The highest BCUT2D eigenvalue weighted by molar-refractivity contribution is 7.05. The lowest BCUT2D eigenvalue weighted by atomic mass is 10.0. The molecule has 2 N–H and O–H groups in total. The Morgan fingerprint density at radius 1 is 1.26 bits per heavy atom. The Bertz CT molecular complexity index is 548. The van der Waals surface area contributed by atoms with Crippen molar-refractivity contribution in [3.8, 4) is 0 Å². The first-order valence-corrected chi connectivity index (χ1v) is 6.36. The Kier molecular flexibility index (Phi) is 3.86. The van der Waals surface area contributed by atoms with Gasteiger partial charge in [0, 0.05) is 6.04 Å². The molecule has 7 heteroatoms. The van der Waals surface area contributed by atoms with Crippen molar-refractivity contribution in [2.24, 2.45) is 5.73 Å². The predicted octanol–water partition coefficient (Wildman–Crippen LogP) is 3.11. The Morgan fingerprint density at radius 2 is 1.89 bits per heavy atom. The van der Waals surface area contributed by atoms with Crippen molar-refractivity contribution >= 4 is 11.5 Å². The molecule has 102 valence electrons. The first kappa shape index (κ1) is 14.0. The van der Waals surface area contributed by atoms with Gasteiger partial charge in [-0.15, -0.1) is 5.10 Å². The van der Waals surface area contributed by atoms with Crippen molar-refractivity contribution in [3.05, 3.63) is 46.0 Å². The molecule has 0 radical (unpaired) electrons. The van der Waals surface area contributed by atoms with E-state index in [2.05, 4.69) is 9.59 Å². The fourth-order valence-electron chi connectivity index (χ4n) is 1.75. The maximum Gasteiger partial charge on any atom is 0.416 e. The summed E-state index contributed by atoms with van der Waals surface area (Å²) in [5.74, 6) is 0. The minimum atomic E-state index is -4.31. The Balaban J connectivity index is 2.10. The second-order valence-corrected chi connectivity index (χ2v) is 5.01. The third kappa shape index (κ3) is 3.30. The summed E-state index contributed by atoms with van der Waals surface area (Å²) in [7, 11) is 0. The lowest BCUT2D eigenvalue weighted by molar-refractivity contribution is -0.137. The third-order valence-corrected chi connectivity index (χ3v) is 3.72. The van der Waals surface area contributed by atoms with Crippen LogP contribution in [-0.2, 0) is 12.6 Å². The molecule has 1 aromatic heterocycles. The van der Waals surface area contributed by atoms with Crippen molar-refractivity contribution in [1.29, 1.82) is 0 Å². The van der Waals surface area contributed by atoms with Crippen molar-refractivity contribution < 1.29 is 13.2 Å². The molecule has 0 saturated carbocycles. The second kappa shape index (κ2) is 5.26. The summed E-state index contributed by atoms with van der Waals surface area (Å²) < 4.78 is 41.0. The van der Waals surface area contributed by atoms with Gasteiger partial charge in [-0.1, -0.05) is 16.6 Å². The minimum absolute atomic E-state index is 0.295. The highest BCUT2D eigenvalue weighted by Gasteiger charge is 2.30. The summed E-state index contributed by atoms with van der Waals surface area (Å²) in [6.07, 6.45) is -3.85. The van der Waals surface area contributed by atoms with Crippen LogP contribution >= 0.6 is 11.5 Å². The quantitative estimate of drug-likeness (QED) is 0.943. The summed E-state index contributed by atoms with van der Waals surface area (Å²) in [4.78, 5) is 0.861. The number of nitrogens with zero attached hydrogens (tertiary/aromatic N) is 2. The Morgan fingerprint density at radius 3 is 2.37 bits per heavy atom. The number of halogens is 3. The molecule has 0 saturated heterocycles. The predicted molar refractivity (Wildman–Crippen MR) is 66.7 cm³/mol. The van der Waals surface area contributed by atoms with E-state index in [1.807, 2.05) is 6.92 Å². The maximum absolute atomic E-state index is 12.4. The zero-order valence-corrected chi connectivity index (χ0v) is 10.9. The van der Waals surface area contributed by atoms with Crippen LogP contribution in [0.1, 0.15) is 27.7 Å². The van der Waals surface area contributed by atoms with Crippen LogP contribution in [0.5, 0.6) is 0 Å². The van der Waals surface area contributed by atoms with Gasteiger partial charge in [-0.25, -0.2) is 0 Å². The molecule has 1 unspecified atom stereocenters. The van der Waals surface area contributed by atoms with Gasteiger partial charge < -0.3 is 5.73 Å². The second-order valence-electron chi connectivity index (χ2n) is 4.23. The van der Waals surface area contributed by atoms with E-state index >= 15 is 0 Å². The highest BCUT2D eigenvalue weighted by atomic mass is 32.1. The average molecular weight is 287 g/mol. The summed E-state index contributed by atoms with van der Waals surface area (Å²) in [5, 5.41) is 3.87. The molecule has 0 amide bonds. The van der Waals surface area contributed by atoms with E-state index in [-0.39, 0.29) is 6.04 Å². The van der Waals surface area contributed by atoms with E-state index in [9.17, 15) is 13.2 Å². The van der Waals surface area contributed by atoms with Gasteiger partial charge in [0.15, 0.2) is 0 Å². The van der Waals surface area contributed by atoms with Crippen molar-refractivity contribution in [2.45, 2.75) is 25.6 Å². The molecule has 0 aliphatic heterocycles. The van der Waals surface area contributed by atoms with Crippen LogP contribution in [0, 0.1) is 6.92 Å². The lowest BCUT2D eigenvalue weighted by Gasteiger charge is -2.11. The minimum Gasteiger partial charge on any atom is -0.323 e. The van der Waals surface area contributed by atoms with Crippen LogP contribution < -0.4 is 5.73 Å². The highest BCUT2D eigenvalue weighted by Crippen LogP contribution is 2.29. The molecule has 0 fully saturated rings. The molecule has 0 aliphatic rings. The van der Waals surface area contributed by atoms with Crippen LogP contribution in [0.4, 0.5) is 13.2 Å². The van der Waals surface area contributed by atoms with Crippen molar-refractivity contribution in [1.82, 2.24) is 9.59 Å². The number of aromatic nitrogens is 2. The summed E-state index contributed by atoms with van der Waals surface area (Å²) >= 11 is 1.22. The van der Waals surface area contributed by atoms with Crippen LogP contribution in [0.25, 0.3) is 0 Å². The lowest BCUT2D eigenvalue weighted by Crippen LogP contribution is -2.13. The largest absolute Gasteiger partial charge is 0.416 e. The van der Waals surface area contributed by atoms with E-state index < -0.39 is 11.7 Å². The van der Waals surface area contributed by atoms with Crippen molar-refractivity contribution in [2.75, 3.05) is 0 Å². The van der Waals surface area contributed by atoms with Gasteiger partial charge >= 0.3 is 6.18 Å². The van der Waals surface area contributed by atoms with Crippen LogP contribution in [-0.4, -0.2) is 9.59 Å². The zero-order valence-electron chi connectivity index (χ0n) is 10.1. The van der Waals surface area contributed by atoms with E-state index in [4.69, 9.17) is 5.73 Å². The van der Waals surface area contributed by atoms with E-state index in [1.54, 1.807) is 0 Å². The molecule has 1 aromatic carbocycles. The van der Waals surface area contributed by atoms with Gasteiger partial charge in [0.25, 0.3) is 0 Å². The summed E-state index contributed by atoms with van der Waals surface area (Å²) in [6, 6.07) is 4.75. The Hall–Kier alpha value is -1.47. The molecule has 0 bridgehead atoms. The van der Waals surface area contributed by atoms with Crippen LogP contribution in [0.3, 0.4) is 0 Å². The monoisotopic (exact) mass is 287 g/mol. The molecule has 3 nitrogen and oxygen atoms in total. The topological polar surface area (TPSA) is 51.8 Å². The van der Waals surface area contributed by atoms with Gasteiger partial charge in [0.05, 0.1) is 16.1 Å². The zero-order chi connectivity index (χ0) is 14.0. The third-order valence-electron chi connectivity index (χ3n) is 2.76. The fraction of sp³-hybridized carbons (Fsp3) is 0.333. The number of nitrogens with two attached hydrogens (primary N) is 1. The maximum atomic E-state index is 12.4. The number of alkyl halides is 3. The average Bonchev–Trinajstić information content (AvgIpc) is 2.75. The number of hydrogen-bond acceptors (Lipinski definition) is 4. The van der Waals surface area contributed by atoms with E-state index in [1.165, 1.54) is 23.7 Å². The van der Waals surface area contributed by atoms with Crippen LogP contribution in [0.2, 0.25) is 0 Å². The number of aryl methyl sites for hydroxylation is 1. The molecular weight excluding hydrogens is 275 g/mol. The molecular formula is C12H12F3N3S. The van der Waals surface area contributed by atoms with Gasteiger partial charge in [-0.05, 0) is 42.6 Å². The SMILES string of the molecule is Cc1nnsc1C(N)Cc1ccc(C(F)(F)F)cc1. The molecule has 0 aliphatic carbocycles. The van der Waals surface area contributed by atoms with Crippen molar-refractivity contribution in [3.63, 3.8) is 0 Å². The normalized spacial score (nSPS) is 13.5. The molecule has 1 heterocycles. The first-order chi connectivity index (χ1) is 8.88. The van der Waals surface area contributed by atoms with E-state index in [0.717, 1.165) is 28.3 Å². The van der Waals surface area contributed by atoms with Gasteiger partial charge in [0.2, 0.25) is 0 Å². The molecule has 2 rings (SSSR count). The smallest absolute Gasteiger partial charge is 0.323 e. The molecule has 1 atom stereocenters. The standard InChI is InChI=1S/C12H12F3N3S/c1-7-11(19-18-17-7)10(16)6-8-2-4-9(5-3-8)12(13,14)15/h2-5,10H,6,16H2,1H3. The number of rotatable bonds is 3. The van der Waals surface area contributed by atoms with Gasteiger partial charge in [-0.2, -0.15) is 13.2 Å². The number of benzene rings is 1. The number of hydrogen-bond donors (Lipinski definition) is 1. The first-order valence-electron chi connectivity index (χ1n) is 5.58. The van der Waals surface area contributed by atoms with Gasteiger partial charge in [-0.3, -0.25) is 0 Å². The molecule has 0 spiro atoms. The summed E-state index contributed by atoms with van der Waals surface area (Å²) in [5.41, 5.74) is 6.88. The fourth-order valence-corrected chi connectivity index (χ4v) is 2.40. The molecule has 19 heavy (non-hydrogen) atoms. The molecule has 2 aromatic rings. The van der Waals surface area contributed by atoms with Gasteiger partial charge in [0.1, 0.15) is 0 Å². The van der Waals surface area contributed by atoms with Crippen LogP contribution in [0.15, 0.2) is 24.3 Å². The Labute approximate surface area is 112 Å². The summed E-state index contributed by atoms with van der Waals surface area (Å²) in [6.45, 7) is 1.81.